The van der Waals surface area contributed by atoms with Crippen LogP contribution < -0.4 is 5.32 Å². The molecular formula is C25H23BrCl2N2O3S. The molecule has 0 saturated heterocycles. The highest BCUT2D eigenvalue weighted by atomic mass is 79.9. The Hall–Kier alpha value is -1.90. The topological polar surface area (TPSA) is 66.5 Å². The van der Waals surface area contributed by atoms with Gasteiger partial charge in [-0.1, -0.05) is 69.5 Å². The predicted octanol–water partition coefficient (Wildman–Crippen LogP) is 6.14. The fraction of sp³-hybridized carbons (Fsp3) is 0.240. The molecule has 1 atom stereocenters. The van der Waals surface area contributed by atoms with E-state index in [0.29, 0.717) is 15.6 Å². The Kier molecular flexibility index (Phi) is 8.00. The van der Waals surface area contributed by atoms with Crippen LogP contribution in [-0.2, 0) is 27.8 Å². The SMILES string of the molecule is O=C(CN(Cc1ccc(Cl)c(Cl)c1)S(=O)(=O)c1ccc(Br)cc1)N[C@H]1CCCc2ccccc21. The van der Waals surface area contributed by atoms with Crippen molar-refractivity contribution < 1.29 is 13.2 Å². The standard InChI is InChI=1S/C25H23BrCl2N2O3S/c26-19-9-11-20(12-10-19)34(32,33)30(15-17-8-13-22(27)23(28)14-17)16-25(31)29-24-7-3-5-18-4-1-2-6-21(18)24/h1-2,4,6,8-14,24H,3,5,7,15-16H2,(H,29,31)/t24-/m0/s1. The number of amides is 1. The van der Waals surface area contributed by atoms with Crippen LogP contribution in [0.3, 0.4) is 0 Å². The van der Waals surface area contributed by atoms with Crippen LogP contribution in [0.15, 0.2) is 76.1 Å². The van der Waals surface area contributed by atoms with Gasteiger partial charge in [0.05, 0.1) is 27.5 Å². The Bertz CT molecular complexity index is 1300. The van der Waals surface area contributed by atoms with Crippen molar-refractivity contribution in [2.45, 2.75) is 36.7 Å². The van der Waals surface area contributed by atoms with Gasteiger partial charge in [0.25, 0.3) is 0 Å². The summed E-state index contributed by atoms with van der Waals surface area (Å²) in [6, 6.07) is 19.2. The minimum atomic E-state index is -3.96. The molecule has 178 valence electrons. The molecule has 0 radical (unpaired) electrons. The molecule has 3 aromatic carbocycles. The molecular weight excluding hydrogens is 559 g/mol. The van der Waals surface area contributed by atoms with Gasteiger partial charge in [-0.3, -0.25) is 4.79 Å². The van der Waals surface area contributed by atoms with Gasteiger partial charge in [0, 0.05) is 11.0 Å². The Morgan fingerprint density at radius 3 is 2.50 bits per heavy atom. The van der Waals surface area contributed by atoms with E-state index >= 15 is 0 Å². The van der Waals surface area contributed by atoms with Crippen LogP contribution in [0.25, 0.3) is 0 Å². The number of halogens is 3. The van der Waals surface area contributed by atoms with E-state index in [-0.39, 0.29) is 29.9 Å². The maximum absolute atomic E-state index is 13.5. The van der Waals surface area contributed by atoms with Crippen LogP contribution in [0.4, 0.5) is 0 Å². The van der Waals surface area contributed by atoms with Gasteiger partial charge in [0.1, 0.15) is 0 Å². The Labute approximate surface area is 218 Å². The van der Waals surface area contributed by atoms with E-state index in [2.05, 4.69) is 27.3 Å². The van der Waals surface area contributed by atoms with Gasteiger partial charge in [-0.05, 0) is 72.4 Å². The molecule has 1 aliphatic carbocycles. The third-order valence-electron chi connectivity index (χ3n) is 5.82. The third-order valence-corrected chi connectivity index (χ3v) is 8.89. The van der Waals surface area contributed by atoms with Gasteiger partial charge in [-0.15, -0.1) is 0 Å². The molecule has 5 nitrogen and oxygen atoms in total. The summed E-state index contributed by atoms with van der Waals surface area (Å²) in [4.78, 5) is 13.2. The molecule has 4 rings (SSSR count). The molecule has 9 heteroatoms. The molecule has 1 amide bonds. The number of carbonyl (C=O) groups excluding carboxylic acids is 1. The number of fused-ring (bicyclic) bond motifs is 1. The second-order valence-corrected chi connectivity index (χ2v) is 11.9. The van der Waals surface area contributed by atoms with Crippen LogP contribution in [0, 0.1) is 0 Å². The predicted molar refractivity (Wildman–Crippen MR) is 138 cm³/mol. The zero-order chi connectivity index (χ0) is 24.3. The second kappa shape index (κ2) is 10.8. The lowest BCUT2D eigenvalue weighted by Crippen LogP contribution is -2.42. The molecule has 34 heavy (non-hydrogen) atoms. The normalized spacial score (nSPS) is 15.7. The minimum absolute atomic E-state index is 0.0238. The maximum atomic E-state index is 13.5. The highest BCUT2D eigenvalue weighted by Crippen LogP contribution is 2.30. The molecule has 0 saturated carbocycles. The summed E-state index contributed by atoms with van der Waals surface area (Å²) in [5.74, 6) is -0.359. The molecule has 3 aromatic rings. The first-order valence-electron chi connectivity index (χ1n) is 10.8. The first-order valence-corrected chi connectivity index (χ1v) is 13.8. The quantitative estimate of drug-likeness (QED) is 0.364. The van der Waals surface area contributed by atoms with Gasteiger partial charge < -0.3 is 5.32 Å². The number of rotatable bonds is 7. The summed E-state index contributed by atoms with van der Waals surface area (Å²) >= 11 is 15.5. The Balaban J connectivity index is 1.59. The number of hydrogen-bond donors (Lipinski definition) is 1. The number of benzene rings is 3. The van der Waals surface area contributed by atoms with Gasteiger partial charge in [0.15, 0.2) is 0 Å². The van der Waals surface area contributed by atoms with Crippen molar-refractivity contribution in [1.82, 2.24) is 9.62 Å². The minimum Gasteiger partial charge on any atom is -0.348 e. The lowest BCUT2D eigenvalue weighted by Gasteiger charge is -2.28. The third kappa shape index (κ3) is 5.83. The number of hydrogen-bond acceptors (Lipinski definition) is 3. The van der Waals surface area contributed by atoms with Gasteiger partial charge in [-0.25, -0.2) is 8.42 Å². The fourth-order valence-electron chi connectivity index (χ4n) is 4.13. The zero-order valence-corrected chi connectivity index (χ0v) is 22.1. The average molecular weight is 582 g/mol. The largest absolute Gasteiger partial charge is 0.348 e. The Morgan fingerprint density at radius 1 is 1.03 bits per heavy atom. The smallest absolute Gasteiger partial charge is 0.243 e. The van der Waals surface area contributed by atoms with E-state index in [1.807, 2.05) is 18.2 Å². The lowest BCUT2D eigenvalue weighted by molar-refractivity contribution is -0.122. The summed E-state index contributed by atoms with van der Waals surface area (Å²) < 4.78 is 28.9. The van der Waals surface area contributed by atoms with Gasteiger partial charge in [-0.2, -0.15) is 4.31 Å². The van der Waals surface area contributed by atoms with Crippen molar-refractivity contribution in [3.8, 4) is 0 Å². The second-order valence-electron chi connectivity index (χ2n) is 8.19. The van der Waals surface area contributed by atoms with E-state index in [1.54, 1.807) is 30.3 Å². The molecule has 0 aromatic heterocycles. The monoisotopic (exact) mass is 580 g/mol. The molecule has 0 aliphatic heterocycles. The van der Waals surface area contributed by atoms with E-state index in [1.165, 1.54) is 22.0 Å². The molecule has 0 heterocycles. The summed E-state index contributed by atoms with van der Waals surface area (Å²) in [6.07, 6.45) is 2.76. The van der Waals surface area contributed by atoms with E-state index in [0.717, 1.165) is 29.3 Å². The highest BCUT2D eigenvalue weighted by Gasteiger charge is 2.29. The van der Waals surface area contributed by atoms with Crippen molar-refractivity contribution in [1.29, 1.82) is 0 Å². The molecule has 1 aliphatic rings. The molecule has 0 bridgehead atoms. The van der Waals surface area contributed by atoms with Crippen molar-refractivity contribution >= 4 is 55.1 Å². The van der Waals surface area contributed by atoms with E-state index in [9.17, 15) is 13.2 Å². The van der Waals surface area contributed by atoms with Crippen LogP contribution in [0.2, 0.25) is 10.0 Å². The van der Waals surface area contributed by atoms with E-state index in [4.69, 9.17) is 23.2 Å². The maximum Gasteiger partial charge on any atom is 0.243 e. The first kappa shape index (κ1) is 25.2. The van der Waals surface area contributed by atoms with Gasteiger partial charge >= 0.3 is 0 Å². The number of nitrogens with one attached hydrogen (secondary N) is 1. The molecule has 0 unspecified atom stereocenters. The van der Waals surface area contributed by atoms with Crippen molar-refractivity contribution in [2.75, 3.05) is 6.54 Å². The average Bonchev–Trinajstić information content (AvgIpc) is 2.81. The first-order chi connectivity index (χ1) is 16.2. The summed E-state index contributed by atoms with van der Waals surface area (Å²) in [6.45, 7) is -0.346. The summed E-state index contributed by atoms with van der Waals surface area (Å²) in [5, 5.41) is 3.74. The van der Waals surface area contributed by atoms with Crippen molar-refractivity contribution in [2.24, 2.45) is 0 Å². The molecule has 1 N–H and O–H groups in total. The van der Waals surface area contributed by atoms with Crippen LogP contribution in [-0.4, -0.2) is 25.2 Å². The van der Waals surface area contributed by atoms with Crippen LogP contribution in [0.5, 0.6) is 0 Å². The lowest BCUT2D eigenvalue weighted by atomic mass is 9.88. The number of aryl methyl sites for hydroxylation is 1. The van der Waals surface area contributed by atoms with Crippen molar-refractivity contribution in [3.05, 3.63) is 97.9 Å². The summed E-state index contributed by atoms with van der Waals surface area (Å²) in [7, 11) is -3.96. The fourth-order valence-corrected chi connectivity index (χ4v) is 6.10. The van der Waals surface area contributed by atoms with E-state index < -0.39 is 10.0 Å². The Morgan fingerprint density at radius 2 is 1.76 bits per heavy atom. The number of carbonyl (C=O) groups is 1. The molecule has 0 spiro atoms. The highest BCUT2D eigenvalue weighted by molar-refractivity contribution is 9.10. The van der Waals surface area contributed by atoms with Crippen molar-refractivity contribution in [3.63, 3.8) is 0 Å². The summed E-state index contributed by atoms with van der Waals surface area (Å²) in [5.41, 5.74) is 2.94. The van der Waals surface area contributed by atoms with Crippen LogP contribution in [0.1, 0.15) is 35.6 Å². The van der Waals surface area contributed by atoms with Gasteiger partial charge in [0.2, 0.25) is 15.9 Å². The number of sulfonamides is 1. The molecule has 0 fully saturated rings. The van der Waals surface area contributed by atoms with Crippen LogP contribution >= 0.6 is 39.1 Å². The number of nitrogens with zero attached hydrogens (tertiary/aromatic N) is 1. The zero-order valence-electron chi connectivity index (χ0n) is 18.2.